The summed E-state index contributed by atoms with van der Waals surface area (Å²) in [5, 5.41) is 17.9. The number of ether oxygens (including phenoxy) is 3. The molecule has 0 aliphatic carbocycles. The highest BCUT2D eigenvalue weighted by atomic mass is 19.4. The van der Waals surface area contributed by atoms with Crippen molar-refractivity contribution in [1.82, 2.24) is 0 Å². The number of nitrogens with zero attached hydrogens (tertiary/aromatic N) is 1. The molecular weight excluding hydrogens is 573 g/mol. The van der Waals surface area contributed by atoms with E-state index in [1.54, 1.807) is 24.3 Å². The van der Waals surface area contributed by atoms with Gasteiger partial charge < -0.3 is 39.0 Å². The topological polar surface area (TPSA) is 130 Å². The molecule has 2 aliphatic rings. The van der Waals surface area contributed by atoms with Crippen molar-refractivity contribution in [3.63, 3.8) is 0 Å². The minimum atomic E-state index is -5.19. The second-order valence-corrected chi connectivity index (χ2v) is 10.4. The number of alkyl halides is 3. The van der Waals surface area contributed by atoms with Crippen molar-refractivity contribution in [1.29, 1.82) is 0 Å². The molecular formula is C30H37F3N2O8. The molecule has 4 rings (SSSR count). The van der Waals surface area contributed by atoms with Crippen LogP contribution in [-0.2, 0) is 16.1 Å². The molecule has 2 fully saturated rings. The average Bonchev–Trinajstić information content (AvgIpc) is 3.27. The Bertz CT molecular complexity index is 1250. The molecule has 0 unspecified atom stereocenters. The number of carboxylic acid groups (broad SMARTS) is 2. The summed E-state index contributed by atoms with van der Waals surface area (Å²) in [7, 11) is 0. The van der Waals surface area contributed by atoms with Gasteiger partial charge >= 0.3 is 12.1 Å². The maximum atomic E-state index is 12.9. The molecule has 0 saturated carbocycles. The van der Waals surface area contributed by atoms with Crippen LogP contribution in [0.4, 0.5) is 18.9 Å². The molecule has 2 saturated heterocycles. The predicted molar refractivity (Wildman–Crippen MR) is 147 cm³/mol. The van der Waals surface area contributed by atoms with Crippen molar-refractivity contribution in [2.45, 2.75) is 52.8 Å². The number of anilines is 1. The number of carbonyl (C=O) groups is 3. The second kappa shape index (κ2) is 14.5. The molecule has 2 aromatic carbocycles. The molecule has 236 valence electrons. The van der Waals surface area contributed by atoms with E-state index in [1.165, 1.54) is 4.90 Å². The Morgan fingerprint density at radius 3 is 1.93 bits per heavy atom. The first-order valence-electron chi connectivity index (χ1n) is 14.1. The van der Waals surface area contributed by atoms with Crippen molar-refractivity contribution >= 4 is 23.5 Å². The number of quaternary nitrogens is 1. The van der Waals surface area contributed by atoms with Crippen LogP contribution in [0.1, 0.15) is 56.0 Å². The molecule has 43 heavy (non-hydrogen) atoms. The van der Waals surface area contributed by atoms with Crippen LogP contribution in [0.25, 0.3) is 0 Å². The first-order chi connectivity index (χ1) is 20.3. The fourth-order valence-electron chi connectivity index (χ4n) is 5.39. The molecule has 0 radical (unpaired) electrons. The van der Waals surface area contributed by atoms with E-state index in [-0.39, 0.29) is 16.9 Å². The molecule has 0 aromatic heterocycles. The van der Waals surface area contributed by atoms with Crippen LogP contribution in [-0.4, -0.2) is 68.6 Å². The third-order valence-corrected chi connectivity index (χ3v) is 7.42. The van der Waals surface area contributed by atoms with E-state index in [9.17, 15) is 22.8 Å². The first-order valence-corrected chi connectivity index (χ1v) is 14.1. The van der Waals surface area contributed by atoms with E-state index >= 15 is 0 Å². The van der Waals surface area contributed by atoms with Gasteiger partial charge in [-0.3, -0.25) is 4.79 Å². The fourth-order valence-corrected chi connectivity index (χ4v) is 5.39. The third-order valence-electron chi connectivity index (χ3n) is 7.42. The van der Waals surface area contributed by atoms with Gasteiger partial charge in [0.2, 0.25) is 11.7 Å². The minimum Gasteiger partial charge on any atom is -0.542 e. The Morgan fingerprint density at radius 2 is 1.49 bits per heavy atom. The largest absolute Gasteiger partial charge is 0.542 e. The third kappa shape index (κ3) is 8.76. The number of aromatic carboxylic acids is 1. The van der Waals surface area contributed by atoms with Gasteiger partial charge in [0.1, 0.15) is 12.5 Å². The first kappa shape index (κ1) is 33.5. The fraction of sp³-hybridized carbons (Fsp3) is 0.500. The summed E-state index contributed by atoms with van der Waals surface area (Å²) in [6.45, 7) is 11.0. The summed E-state index contributed by atoms with van der Waals surface area (Å²) in [5.74, 6) is -1.74. The van der Waals surface area contributed by atoms with Gasteiger partial charge in [0, 0.05) is 42.5 Å². The molecule has 2 aromatic rings. The molecule has 2 heterocycles. The highest BCUT2D eigenvalue weighted by Gasteiger charge is 2.46. The molecule has 10 nitrogen and oxygen atoms in total. The molecule has 0 atom stereocenters. The highest BCUT2D eigenvalue weighted by Crippen LogP contribution is 2.41. The van der Waals surface area contributed by atoms with Crippen LogP contribution in [0, 0.1) is 5.41 Å². The number of nitrogens with one attached hydrogen (secondary N) is 1. The number of amides is 1. The molecule has 1 spiro atoms. The number of piperidine rings is 1. The summed E-state index contributed by atoms with van der Waals surface area (Å²) in [6.07, 6.45) is -2.69. The Morgan fingerprint density at radius 1 is 0.977 bits per heavy atom. The zero-order valence-electron chi connectivity index (χ0n) is 24.4. The lowest BCUT2D eigenvalue weighted by Crippen LogP contribution is -3.12. The van der Waals surface area contributed by atoms with Crippen LogP contribution in [0.2, 0.25) is 0 Å². The summed E-state index contributed by atoms with van der Waals surface area (Å²) < 4.78 is 49.1. The summed E-state index contributed by atoms with van der Waals surface area (Å²) in [6, 6.07) is 10.7. The maximum Gasteiger partial charge on any atom is 0.430 e. The van der Waals surface area contributed by atoms with Crippen LogP contribution in [0.3, 0.4) is 0 Å². The number of halogens is 3. The number of rotatable bonds is 10. The number of carboxylic acids is 2. The van der Waals surface area contributed by atoms with Gasteiger partial charge in [-0.1, -0.05) is 0 Å². The quantitative estimate of drug-likeness (QED) is 0.420. The second-order valence-electron chi connectivity index (χ2n) is 10.4. The van der Waals surface area contributed by atoms with Crippen LogP contribution in [0.15, 0.2) is 36.4 Å². The number of hydrogen-bond acceptors (Lipinski definition) is 7. The molecule has 1 amide bonds. The van der Waals surface area contributed by atoms with Crippen LogP contribution < -0.4 is 29.1 Å². The summed E-state index contributed by atoms with van der Waals surface area (Å²) in [4.78, 5) is 36.1. The van der Waals surface area contributed by atoms with Crippen LogP contribution >= 0.6 is 0 Å². The number of likely N-dealkylation sites (tertiary alicyclic amines) is 1. The number of benzene rings is 2. The Labute approximate surface area is 247 Å². The molecule has 0 bridgehead atoms. The van der Waals surface area contributed by atoms with Gasteiger partial charge in [0.25, 0.3) is 0 Å². The summed E-state index contributed by atoms with van der Waals surface area (Å²) in [5.41, 5.74) is 2.14. The minimum absolute atomic E-state index is 0.0160. The van der Waals surface area contributed by atoms with Crippen molar-refractivity contribution in [3.05, 3.63) is 47.5 Å². The van der Waals surface area contributed by atoms with Gasteiger partial charge in [-0.2, -0.15) is 13.2 Å². The molecule has 2 N–H and O–H groups in total. The van der Waals surface area contributed by atoms with E-state index < -0.39 is 18.1 Å². The zero-order chi connectivity index (χ0) is 31.8. The van der Waals surface area contributed by atoms with Gasteiger partial charge in [0.15, 0.2) is 11.5 Å². The van der Waals surface area contributed by atoms with E-state index in [2.05, 4.69) is 12.1 Å². The Kier molecular flexibility index (Phi) is 11.3. The zero-order valence-corrected chi connectivity index (χ0v) is 24.4. The lowest BCUT2D eigenvalue weighted by molar-refractivity contribution is -0.921. The lowest BCUT2D eigenvalue weighted by atomic mass is 9.77. The van der Waals surface area contributed by atoms with Crippen molar-refractivity contribution in [2.75, 3.05) is 44.4 Å². The standard InChI is InChI=1S/C28H36N2O6.C2HF3O2/c1-4-34-23-15-20(16-24(35-5-2)26(23)36-6-3)18-29-13-11-28(12-14-29)17-25(31)30(19-28)22-9-7-21(8-10-22)27(32)33;3-2(4,5)1(6)7/h7-10,15-16H,4-6,11-14,17-19H2,1-3H3,(H,32,33);(H,6,7). The van der Waals surface area contributed by atoms with Gasteiger partial charge in [-0.05, 0) is 57.2 Å². The lowest BCUT2D eigenvalue weighted by Gasteiger charge is -2.36. The Hall–Kier alpha value is -4.00. The molecule has 13 heteroatoms. The van der Waals surface area contributed by atoms with Gasteiger partial charge in [0.05, 0.1) is 38.5 Å². The smallest absolute Gasteiger partial charge is 0.430 e. The van der Waals surface area contributed by atoms with E-state index in [0.29, 0.717) is 38.5 Å². The van der Waals surface area contributed by atoms with Crippen molar-refractivity contribution in [2.24, 2.45) is 5.41 Å². The van der Waals surface area contributed by atoms with Crippen molar-refractivity contribution < 1.29 is 56.9 Å². The van der Waals surface area contributed by atoms with E-state index in [0.717, 1.165) is 55.2 Å². The number of aliphatic carboxylic acids is 1. The Balaban J connectivity index is 0.000000646. The normalized spacial score (nSPS) is 19.9. The SMILES string of the molecule is CCOc1cc(C[NH+]2CCC3(CC2)CC(=O)N(c2ccc(C(=O)O)cc2)C3)cc(OCC)c1OCC.O=C([O-])C(F)(F)F. The van der Waals surface area contributed by atoms with Gasteiger partial charge in [-0.15, -0.1) is 0 Å². The predicted octanol–water partition coefficient (Wildman–Crippen LogP) is 2.48. The number of carbonyl (C=O) groups excluding carboxylic acids is 2. The monoisotopic (exact) mass is 610 g/mol. The van der Waals surface area contributed by atoms with Crippen molar-refractivity contribution in [3.8, 4) is 17.2 Å². The summed E-state index contributed by atoms with van der Waals surface area (Å²) >= 11 is 0. The van der Waals surface area contributed by atoms with Gasteiger partial charge in [-0.25, -0.2) is 4.79 Å². The molecule has 2 aliphatic heterocycles. The highest BCUT2D eigenvalue weighted by molar-refractivity contribution is 5.97. The number of hydrogen-bond donors (Lipinski definition) is 2. The van der Waals surface area contributed by atoms with E-state index in [4.69, 9.17) is 29.2 Å². The van der Waals surface area contributed by atoms with E-state index in [1.807, 2.05) is 25.7 Å². The average molecular weight is 611 g/mol. The van der Waals surface area contributed by atoms with Crippen LogP contribution in [0.5, 0.6) is 17.2 Å². The maximum absolute atomic E-state index is 12.9.